The molecule has 1 rings (SSSR count). The lowest BCUT2D eigenvalue weighted by Gasteiger charge is -2.32. The topological polar surface area (TPSA) is 84.9 Å². The van der Waals surface area contributed by atoms with Gasteiger partial charge >= 0.3 is 0 Å². The zero-order valence-electron chi connectivity index (χ0n) is 14.3. The molecule has 0 unspecified atom stereocenters. The van der Waals surface area contributed by atoms with Crippen molar-refractivity contribution in [2.75, 3.05) is 32.3 Å². The molecule has 0 aliphatic carbocycles. The Morgan fingerprint density at radius 2 is 1.83 bits per heavy atom. The molecule has 1 aromatic rings. The number of rotatable bonds is 6. The summed E-state index contributed by atoms with van der Waals surface area (Å²) in [6, 6.07) is 4.97. The van der Waals surface area contributed by atoms with E-state index in [1.165, 1.54) is 14.2 Å². The number of benzene rings is 1. The zero-order valence-corrected chi connectivity index (χ0v) is 15.2. The predicted octanol–water partition coefficient (Wildman–Crippen LogP) is 1.70. The second kappa shape index (κ2) is 7.18. The van der Waals surface area contributed by atoms with Gasteiger partial charge in [0.1, 0.15) is 11.5 Å². The number of nitrogens with one attached hydrogen (secondary N) is 1. The SMILES string of the molecule is COc1ccc(OC)c(NC(=O)CN(C(C)(C)C)S(C)(=O)=O)c1. The number of hydrogen-bond donors (Lipinski definition) is 1. The quantitative estimate of drug-likeness (QED) is 0.849. The average Bonchev–Trinajstić information content (AvgIpc) is 2.42. The van der Waals surface area contributed by atoms with Gasteiger partial charge in [0.05, 0.1) is 32.7 Å². The highest BCUT2D eigenvalue weighted by Gasteiger charge is 2.31. The van der Waals surface area contributed by atoms with Crippen molar-refractivity contribution < 1.29 is 22.7 Å². The zero-order chi connectivity index (χ0) is 17.8. The molecule has 0 atom stereocenters. The molecule has 7 nitrogen and oxygen atoms in total. The molecule has 0 aliphatic rings. The fraction of sp³-hybridized carbons (Fsp3) is 0.533. The first-order chi connectivity index (χ1) is 10.5. The molecule has 130 valence electrons. The van der Waals surface area contributed by atoms with Gasteiger partial charge in [0.15, 0.2) is 0 Å². The highest BCUT2D eigenvalue weighted by molar-refractivity contribution is 7.88. The fourth-order valence-corrected chi connectivity index (χ4v) is 3.43. The third kappa shape index (κ3) is 5.40. The van der Waals surface area contributed by atoms with Gasteiger partial charge in [-0.2, -0.15) is 4.31 Å². The molecule has 1 N–H and O–H groups in total. The molecule has 0 heterocycles. The summed E-state index contributed by atoms with van der Waals surface area (Å²) in [4.78, 5) is 12.3. The van der Waals surface area contributed by atoms with E-state index in [2.05, 4.69) is 5.32 Å². The lowest BCUT2D eigenvalue weighted by atomic mass is 10.1. The van der Waals surface area contributed by atoms with Gasteiger partial charge in [-0.05, 0) is 32.9 Å². The summed E-state index contributed by atoms with van der Waals surface area (Å²) in [6.07, 6.45) is 1.08. The second-order valence-electron chi connectivity index (χ2n) is 6.05. The summed E-state index contributed by atoms with van der Waals surface area (Å²) in [7, 11) is -0.528. The van der Waals surface area contributed by atoms with E-state index in [4.69, 9.17) is 9.47 Å². The number of hydrogen-bond acceptors (Lipinski definition) is 5. The summed E-state index contributed by atoms with van der Waals surface area (Å²) in [6.45, 7) is 4.90. The van der Waals surface area contributed by atoms with Crippen molar-refractivity contribution in [3.8, 4) is 11.5 Å². The largest absolute Gasteiger partial charge is 0.497 e. The molecule has 0 bridgehead atoms. The summed E-state index contributed by atoms with van der Waals surface area (Å²) in [5, 5.41) is 2.66. The third-order valence-corrected chi connectivity index (χ3v) is 4.59. The number of nitrogens with zero attached hydrogens (tertiary/aromatic N) is 1. The Morgan fingerprint density at radius 1 is 1.22 bits per heavy atom. The van der Waals surface area contributed by atoms with Gasteiger partial charge < -0.3 is 14.8 Å². The summed E-state index contributed by atoms with van der Waals surface area (Å²) in [5.41, 5.74) is -0.289. The highest BCUT2D eigenvalue weighted by atomic mass is 32.2. The molecule has 0 spiro atoms. The van der Waals surface area contributed by atoms with Gasteiger partial charge in [-0.1, -0.05) is 0 Å². The molecule has 23 heavy (non-hydrogen) atoms. The molecule has 0 aliphatic heterocycles. The Hall–Kier alpha value is -1.80. The lowest BCUT2D eigenvalue weighted by Crippen LogP contribution is -2.48. The van der Waals surface area contributed by atoms with Gasteiger partial charge in [0.25, 0.3) is 0 Å². The van der Waals surface area contributed by atoms with Crippen LogP contribution in [-0.4, -0.2) is 51.2 Å². The van der Waals surface area contributed by atoms with Gasteiger partial charge in [0, 0.05) is 11.6 Å². The van der Waals surface area contributed by atoms with Crippen LogP contribution in [0.4, 0.5) is 5.69 Å². The minimum absolute atomic E-state index is 0.289. The van der Waals surface area contributed by atoms with E-state index in [1.54, 1.807) is 39.0 Å². The van der Waals surface area contributed by atoms with E-state index < -0.39 is 21.5 Å². The molecular formula is C15H24N2O5S. The summed E-state index contributed by atoms with van der Waals surface area (Å²) >= 11 is 0. The number of amides is 1. The van der Waals surface area contributed by atoms with Gasteiger partial charge in [-0.25, -0.2) is 8.42 Å². The van der Waals surface area contributed by atoms with Crippen molar-refractivity contribution in [3.05, 3.63) is 18.2 Å². The molecule has 8 heteroatoms. The normalized spacial score (nSPS) is 12.1. The Labute approximate surface area is 137 Å². The van der Waals surface area contributed by atoms with Crippen molar-refractivity contribution in [2.45, 2.75) is 26.3 Å². The van der Waals surface area contributed by atoms with Crippen LogP contribution in [0.1, 0.15) is 20.8 Å². The first-order valence-corrected chi connectivity index (χ1v) is 8.83. The number of ether oxygens (including phenoxy) is 2. The third-order valence-electron chi connectivity index (χ3n) is 3.12. The Balaban J connectivity index is 2.99. The number of carbonyl (C=O) groups is 1. The lowest BCUT2D eigenvalue weighted by molar-refractivity contribution is -0.117. The maximum absolute atomic E-state index is 12.3. The minimum Gasteiger partial charge on any atom is -0.497 e. The van der Waals surface area contributed by atoms with Gasteiger partial charge in [-0.15, -0.1) is 0 Å². The van der Waals surface area contributed by atoms with Gasteiger partial charge in [-0.3, -0.25) is 4.79 Å². The van der Waals surface area contributed by atoms with Crippen LogP contribution >= 0.6 is 0 Å². The van der Waals surface area contributed by atoms with Crippen molar-refractivity contribution in [2.24, 2.45) is 0 Å². The maximum Gasteiger partial charge on any atom is 0.239 e. The van der Waals surface area contributed by atoms with Crippen LogP contribution in [-0.2, 0) is 14.8 Å². The summed E-state index contributed by atoms with van der Waals surface area (Å²) in [5.74, 6) is 0.551. The van der Waals surface area contributed by atoms with Crippen LogP contribution in [0.5, 0.6) is 11.5 Å². The second-order valence-corrected chi connectivity index (χ2v) is 7.96. The smallest absolute Gasteiger partial charge is 0.239 e. The van der Waals surface area contributed by atoms with Crippen molar-refractivity contribution in [1.82, 2.24) is 4.31 Å². The van der Waals surface area contributed by atoms with Crippen molar-refractivity contribution in [1.29, 1.82) is 0 Å². The molecule has 0 saturated heterocycles. The number of anilines is 1. The van der Waals surface area contributed by atoms with Crippen molar-refractivity contribution in [3.63, 3.8) is 0 Å². The first-order valence-electron chi connectivity index (χ1n) is 6.98. The molecular weight excluding hydrogens is 320 g/mol. The Bertz CT molecular complexity index is 665. The van der Waals surface area contributed by atoms with E-state index in [9.17, 15) is 13.2 Å². The predicted molar refractivity (Wildman–Crippen MR) is 89.5 cm³/mol. The summed E-state index contributed by atoms with van der Waals surface area (Å²) < 4.78 is 35.2. The molecule has 1 aromatic carbocycles. The average molecular weight is 344 g/mol. The van der Waals surface area contributed by atoms with Crippen LogP contribution in [0.15, 0.2) is 18.2 Å². The molecule has 1 amide bonds. The highest BCUT2D eigenvalue weighted by Crippen LogP contribution is 2.29. The number of methoxy groups -OCH3 is 2. The van der Waals surface area contributed by atoms with E-state index in [1.807, 2.05) is 0 Å². The van der Waals surface area contributed by atoms with Crippen LogP contribution in [0.3, 0.4) is 0 Å². The molecule has 0 fully saturated rings. The van der Waals surface area contributed by atoms with E-state index in [0.29, 0.717) is 17.2 Å². The number of carbonyl (C=O) groups excluding carboxylic acids is 1. The van der Waals surface area contributed by atoms with Crippen LogP contribution in [0.2, 0.25) is 0 Å². The minimum atomic E-state index is -3.52. The standard InChI is InChI=1S/C15H24N2O5S/c1-15(2,3)17(23(6,19)20)10-14(18)16-12-9-11(21-4)7-8-13(12)22-5/h7-9H,10H2,1-6H3,(H,16,18). The molecule has 0 radical (unpaired) electrons. The van der Waals surface area contributed by atoms with E-state index in [0.717, 1.165) is 10.6 Å². The van der Waals surface area contributed by atoms with Crippen LogP contribution < -0.4 is 14.8 Å². The Kier molecular flexibility index (Phi) is 6.01. The Morgan fingerprint density at radius 3 is 2.26 bits per heavy atom. The first kappa shape index (κ1) is 19.2. The van der Waals surface area contributed by atoms with Crippen LogP contribution in [0.25, 0.3) is 0 Å². The maximum atomic E-state index is 12.3. The fourth-order valence-electron chi connectivity index (χ4n) is 2.08. The van der Waals surface area contributed by atoms with E-state index in [-0.39, 0.29) is 6.54 Å². The number of sulfonamides is 1. The van der Waals surface area contributed by atoms with Gasteiger partial charge in [0.2, 0.25) is 15.9 Å². The molecule has 0 aromatic heterocycles. The monoisotopic (exact) mass is 344 g/mol. The van der Waals surface area contributed by atoms with Crippen molar-refractivity contribution >= 4 is 21.6 Å². The van der Waals surface area contributed by atoms with E-state index >= 15 is 0 Å². The molecule has 0 saturated carbocycles. The van der Waals surface area contributed by atoms with Crippen LogP contribution in [0, 0.1) is 0 Å².